The molecule has 0 saturated heterocycles. The van der Waals surface area contributed by atoms with Gasteiger partial charge in [-0.05, 0) is 12.1 Å². The molecule has 5 heteroatoms. The molecule has 0 bridgehead atoms. The van der Waals surface area contributed by atoms with Crippen molar-refractivity contribution in [1.29, 1.82) is 0 Å². The summed E-state index contributed by atoms with van der Waals surface area (Å²) in [5.74, 6) is -1.46. The van der Waals surface area contributed by atoms with E-state index in [2.05, 4.69) is 0 Å². The van der Waals surface area contributed by atoms with E-state index < -0.39 is 11.7 Å². The molecule has 0 saturated carbocycles. The number of carbonyl (C=O) groups excluding carboxylic acids is 1. The van der Waals surface area contributed by atoms with Gasteiger partial charge in [0, 0.05) is 11.6 Å². The van der Waals surface area contributed by atoms with Gasteiger partial charge in [-0.15, -0.1) is 0 Å². The minimum Gasteiger partial charge on any atom is -0.759 e. The fraction of sp³-hybridized carbons (Fsp3) is 0. The summed E-state index contributed by atoms with van der Waals surface area (Å²) in [6, 6.07) is 4.37. The van der Waals surface area contributed by atoms with E-state index in [1.165, 1.54) is 18.2 Å². The maximum absolute atomic E-state index is 13.2. The van der Waals surface area contributed by atoms with Gasteiger partial charge >= 0.3 is 0 Å². The maximum atomic E-state index is 13.2. The molecular formula is C9H6ClFNO2-. The van der Waals surface area contributed by atoms with Crippen molar-refractivity contribution in [2.45, 2.75) is 0 Å². The highest BCUT2D eigenvalue weighted by Crippen LogP contribution is 2.18. The van der Waals surface area contributed by atoms with Gasteiger partial charge in [-0.1, -0.05) is 23.7 Å². The van der Waals surface area contributed by atoms with Crippen LogP contribution in [0.2, 0.25) is 5.02 Å². The lowest BCUT2D eigenvalue weighted by atomic mass is 10.2. The number of nitrogens with one attached hydrogen (secondary N) is 1. The molecule has 0 unspecified atom stereocenters. The average molecular weight is 215 g/mol. The van der Waals surface area contributed by atoms with E-state index in [0.29, 0.717) is 0 Å². The molecule has 0 atom stereocenters. The Bertz CT molecular complexity index is 379. The van der Waals surface area contributed by atoms with E-state index in [-0.39, 0.29) is 10.6 Å². The average Bonchev–Trinajstić information content (AvgIpc) is 2.20. The van der Waals surface area contributed by atoms with Crippen molar-refractivity contribution in [3.8, 4) is 0 Å². The number of rotatable bonds is 2. The number of halogens is 2. The van der Waals surface area contributed by atoms with Crippen molar-refractivity contribution < 1.29 is 9.18 Å². The van der Waals surface area contributed by atoms with Crippen LogP contribution in [-0.4, -0.2) is 5.91 Å². The molecule has 0 radical (unpaired) electrons. The smallest absolute Gasteiger partial charge is 0.233 e. The quantitative estimate of drug-likeness (QED) is 0.606. The third-order valence-corrected chi connectivity index (χ3v) is 1.79. The predicted octanol–water partition coefficient (Wildman–Crippen LogP) is 2.11. The van der Waals surface area contributed by atoms with Crippen LogP contribution in [0.25, 0.3) is 6.08 Å². The highest BCUT2D eigenvalue weighted by atomic mass is 35.5. The summed E-state index contributed by atoms with van der Waals surface area (Å²) in [6.07, 6.45) is 2.11. The summed E-state index contributed by atoms with van der Waals surface area (Å²) in [4.78, 5) is 10.5. The Balaban J connectivity index is 2.92. The van der Waals surface area contributed by atoms with Crippen LogP contribution >= 0.6 is 11.6 Å². The Hall–Kier alpha value is -1.39. The molecule has 0 fully saturated rings. The van der Waals surface area contributed by atoms with Crippen LogP contribution < -0.4 is 5.48 Å². The topological polar surface area (TPSA) is 52.2 Å². The van der Waals surface area contributed by atoms with E-state index >= 15 is 0 Å². The Kier molecular flexibility index (Phi) is 3.62. The standard InChI is InChI=1S/C9H6ClFNO2/c10-7-3-1-2-6(9(7)11)4-5-8(13)12-14/h1-5H,(H-,12,13,14)/q-1. The zero-order valence-electron chi connectivity index (χ0n) is 6.96. The molecule has 0 aliphatic rings. The van der Waals surface area contributed by atoms with Crippen molar-refractivity contribution in [2.75, 3.05) is 0 Å². The fourth-order valence-electron chi connectivity index (χ4n) is 0.849. The number of carbonyl (C=O) groups is 1. The minimum atomic E-state index is -0.843. The Morgan fingerprint density at radius 2 is 2.29 bits per heavy atom. The number of hydrogen-bond donors (Lipinski definition) is 1. The molecule has 1 aromatic rings. The second-order valence-corrected chi connectivity index (χ2v) is 2.85. The second-order valence-electron chi connectivity index (χ2n) is 2.44. The third-order valence-electron chi connectivity index (χ3n) is 1.50. The van der Waals surface area contributed by atoms with Gasteiger partial charge in [0.05, 0.1) is 5.02 Å². The van der Waals surface area contributed by atoms with Crippen LogP contribution in [0.3, 0.4) is 0 Å². The summed E-state index contributed by atoms with van der Waals surface area (Å²) in [6.45, 7) is 0. The first-order valence-electron chi connectivity index (χ1n) is 3.69. The van der Waals surface area contributed by atoms with E-state index in [0.717, 1.165) is 11.6 Å². The highest BCUT2D eigenvalue weighted by molar-refractivity contribution is 6.30. The van der Waals surface area contributed by atoms with Crippen molar-refractivity contribution in [1.82, 2.24) is 5.48 Å². The van der Waals surface area contributed by atoms with Crippen LogP contribution in [0.5, 0.6) is 0 Å². The number of amides is 1. The van der Waals surface area contributed by atoms with E-state index in [1.54, 1.807) is 6.07 Å². The fourth-order valence-corrected chi connectivity index (χ4v) is 1.03. The largest absolute Gasteiger partial charge is 0.759 e. The maximum Gasteiger partial charge on any atom is 0.233 e. The molecule has 0 spiro atoms. The Morgan fingerprint density at radius 1 is 1.57 bits per heavy atom. The Labute approximate surface area is 84.8 Å². The van der Waals surface area contributed by atoms with Crippen LogP contribution in [0, 0.1) is 11.0 Å². The van der Waals surface area contributed by atoms with Gasteiger partial charge in [-0.25, -0.2) is 4.39 Å². The van der Waals surface area contributed by atoms with Crippen LogP contribution in [0.15, 0.2) is 24.3 Å². The number of hydrogen-bond acceptors (Lipinski definition) is 2. The van der Waals surface area contributed by atoms with Crippen LogP contribution in [0.4, 0.5) is 4.39 Å². The summed E-state index contributed by atoms with van der Waals surface area (Å²) in [5, 5.41) is 9.80. The van der Waals surface area contributed by atoms with Crippen molar-refractivity contribution in [3.05, 3.63) is 45.9 Å². The first kappa shape index (κ1) is 10.7. The van der Waals surface area contributed by atoms with Crippen molar-refractivity contribution >= 4 is 23.6 Å². The molecule has 14 heavy (non-hydrogen) atoms. The monoisotopic (exact) mass is 214 g/mol. The molecule has 74 valence electrons. The van der Waals surface area contributed by atoms with Crippen LogP contribution in [-0.2, 0) is 4.79 Å². The van der Waals surface area contributed by atoms with Gasteiger partial charge in [-0.3, -0.25) is 4.79 Å². The molecule has 1 amide bonds. The summed E-state index contributed by atoms with van der Waals surface area (Å²) < 4.78 is 13.2. The first-order valence-corrected chi connectivity index (χ1v) is 4.07. The van der Waals surface area contributed by atoms with Gasteiger partial charge < -0.3 is 10.7 Å². The minimum absolute atomic E-state index is 0.0327. The number of benzene rings is 1. The Morgan fingerprint density at radius 3 is 2.93 bits per heavy atom. The first-order chi connectivity index (χ1) is 6.65. The molecular weight excluding hydrogens is 209 g/mol. The lowest BCUT2D eigenvalue weighted by Crippen LogP contribution is -2.11. The zero-order valence-corrected chi connectivity index (χ0v) is 7.72. The van der Waals surface area contributed by atoms with Gasteiger partial charge in [0.15, 0.2) is 0 Å². The molecule has 3 nitrogen and oxygen atoms in total. The summed E-state index contributed by atoms with van der Waals surface area (Å²) >= 11 is 5.49. The van der Waals surface area contributed by atoms with Gasteiger partial charge in [-0.2, -0.15) is 0 Å². The molecule has 0 aliphatic heterocycles. The van der Waals surface area contributed by atoms with E-state index in [1.807, 2.05) is 0 Å². The molecule has 0 aromatic heterocycles. The lowest BCUT2D eigenvalue weighted by molar-refractivity contribution is -0.115. The summed E-state index contributed by atoms with van der Waals surface area (Å²) in [7, 11) is 0. The highest BCUT2D eigenvalue weighted by Gasteiger charge is 2.02. The normalized spacial score (nSPS) is 10.5. The SMILES string of the molecule is O=C(C=Cc1cccc(Cl)c1F)N[O-]. The van der Waals surface area contributed by atoms with Gasteiger partial charge in [0.25, 0.3) is 0 Å². The molecule has 1 rings (SSSR count). The molecule has 1 N–H and O–H groups in total. The van der Waals surface area contributed by atoms with Gasteiger partial charge in [0.1, 0.15) is 5.82 Å². The molecule has 0 aliphatic carbocycles. The van der Waals surface area contributed by atoms with Crippen molar-refractivity contribution in [3.63, 3.8) is 0 Å². The molecule has 0 heterocycles. The third kappa shape index (κ3) is 2.55. The second kappa shape index (κ2) is 4.74. The van der Waals surface area contributed by atoms with Crippen LogP contribution in [0.1, 0.15) is 5.56 Å². The molecule has 1 aromatic carbocycles. The number of hydroxylamine groups is 1. The zero-order chi connectivity index (χ0) is 10.6. The van der Waals surface area contributed by atoms with E-state index in [4.69, 9.17) is 11.6 Å². The predicted molar refractivity (Wildman–Crippen MR) is 52.0 cm³/mol. The van der Waals surface area contributed by atoms with E-state index in [9.17, 15) is 14.4 Å². The lowest BCUT2D eigenvalue weighted by Gasteiger charge is -2.02. The van der Waals surface area contributed by atoms with Crippen molar-refractivity contribution in [2.24, 2.45) is 0 Å². The summed E-state index contributed by atoms with van der Waals surface area (Å²) in [5.41, 5.74) is 1.29. The van der Waals surface area contributed by atoms with Gasteiger partial charge in [0.2, 0.25) is 5.91 Å².